The van der Waals surface area contributed by atoms with Crippen LogP contribution < -0.4 is 10.2 Å². The van der Waals surface area contributed by atoms with E-state index in [4.69, 9.17) is 0 Å². The molecule has 1 aliphatic heterocycles. The average molecular weight is 371 g/mol. The number of nitrogens with one attached hydrogen (secondary N) is 1. The smallest absolute Gasteiger partial charge is 0.0511 e. The van der Waals surface area contributed by atoms with E-state index in [1.54, 1.807) is 0 Å². The van der Waals surface area contributed by atoms with Gasteiger partial charge in [-0.3, -0.25) is 0 Å². The summed E-state index contributed by atoms with van der Waals surface area (Å²) >= 11 is 5.86. The van der Waals surface area contributed by atoms with E-state index in [0.29, 0.717) is 16.4 Å². The molecule has 0 bridgehead atoms. The molecule has 0 aliphatic carbocycles. The van der Waals surface area contributed by atoms with Gasteiger partial charge in [0.05, 0.1) is 5.69 Å². The minimum atomic E-state index is 0.696. The molecule has 2 rings (SSSR count). The fraction of sp³-hybridized carbons (Fsp3) is 0.647. The lowest BCUT2D eigenvalue weighted by Crippen LogP contribution is -2.40. The normalized spacial score (nSPS) is 22.9. The van der Waals surface area contributed by atoms with Gasteiger partial charge in [-0.25, -0.2) is 0 Å². The first-order chi connectivity index (χ1) is 9.95. The zero-order valence-electron chi connectivity index (χ0n) is 13.5. The first-order valence-corrected chi connectivity index (χ1v) is 9.59. The highest BCUT2D eigenvalue weighted by molar-refractivity contribution is 9.10. The van der Waals surface area contributed by atoms with Crippen LogP contribution in [0.3, 0.4) is 0 Å². The van der Waals surface area contributed by atoms with E-state index in [1.807, 2.05) is 0 Å². The molecule has 1 N–H and O–H groups in total. The van der Waals surface area contributed by atoms with Gasteiger partial charge in [-0.05, 0) is 46.1 Å². The fourth-order valence-electron chi connectivity index (χ4n) is 2.80. The summed E-state index contributed by atoms with van der Waals surface area (Å²) < 4.78 is 1.22. The van der Waals surface area contributed by atoms with Gasteiger partial charge in [0.1, 0.15) is 0 Å². The van der Waals surface area contributed by atoms with Crippen LogP contribution in [0.5, 0.6) is 0 Å². The highest BCUT2D eigenvalue weighted by Gasteiger charge is 2.23. The average Bonchev–Trinajstić information content (AvgIpc) is 2.37. The molecule has 1 heterocycles. The summed E-state index contributed by atoms with van der Waals surface area (Å²) in [5.41, 5.74) is 2.68. The molecule has 21 heavy (non-hydrogen) atoms. The van der Waals surface area contributed by atoms with Crippen molar-refractivity contribution in [3.63, 3.8) is 0 Å². The molecule has 4 heteroatoms. The van der Waals surface area contributed by atoms with Crippen LogP contribution in [0.25, 0.3) is 0 Å². The molecular formula is C17H27BrN2S. The largest absolute Gasteiger partial charge is 0.368 e. The Morgan fingerprint density at radius 1 is 1.29 bits per heavy atom. The Morgan fingerprint density at radius 3 is 2.52 bits per heavy atom. The molecule has 1 aromatic rings. The monoisotopic (exact) mass is 370 g/mol. The first kappa shape index (κ1) is 17.2. The first-order valence-electron chi connectivity index (χ1n) is 7.85. The zero-order chi connectivity index (χ0) is 15.4. The zero-order valence-corrected chi connectivity index (χ0v) is 15.9. The van der Waals surface area contributed by atoms with E-state index in [9.17, 15) is 0 Å². The van der Waals surface area contributed by atoms with Gasteiger partial charge in [-0.2, -0.15) is 11.8 Å². The predicted molar refractivity (Wildman–Crippen MR) is 99.4 cm³/mol. The maximum atomic E-state index is 3.77. The van der Waals surface area contributed by atoms with Crippen LogP contribution in [0.4, 0.5) is 5.69 Å². The second kappa shape index (κ2) is 7.89. The molecule has 0 amide bonds. The minimum absolute atomic E-state index is 0.696. The summed E-state index contributed by atoms with van der Waals surface area (Å²) in [5, 5.41) is 4.91. The lowest BCUT2D eigenvalue weighted by molar-refractivity contribution is 0.552. The Morgan fingerprint density at radius 2 is 1.95 bits per heavy atom. The standard InChI is InChI=1S/C17H27BrN2S/c1-12(2)8-19-9-15-5-6-17(16(18)7-15)20-10-13(3)21-14(4)11-20/h5-7,12-14,19H,8-11H2,1-4H3. The molecule has 2 atom stereocenters. The van der Waals surface area contributed by atoms with Gasteiger partial charge in [0.2, 0.25) is 0 Å². The highest BCUT2D eigenvalue weighted by Crippen LogP contribution is 2.33. The van der Waals surface area contributed by atoms with Gasteiger partial charge in [-0.15, -0.1) is 0 Å². The molecule has 2 unspecified atom stereocenters. The van der Waals surface area contributed by atoms with Crippen LogP contribution in [0.2, 0.25) is 0 Å². The summed E-state index contributed by atoms with van der Waals surface area (Å²) in [6.45, 7) is 13.4. The lowest BCUT2D eigenvalue weighted by atomic mass is 10.1. The topological polar surface area (TPSA) is 15.3 Å². The number of hydrogen-bond acceptors (Lipinski definition) is 3. The molecule has 118 valence electrons. The Labute approximate surface area is 142 Å². The van der Waals surface area contributed by atoms with Crippen molar-refractivity contribution in [3.05, 3.63) is 28.2 Å². The molecule has 2 nitrogen and oxygen atoms in total. The quantitative estimate of drug-likeness (QED) is 0.819. The van der Waals surface area contributed by atoms with Crippen LogP contribution in [0.1, 0.15) is 33.3 Å². The Hall–Kier alpha value is -0.190. The van der Waals surface area contributed by atoms with Crippen LogP contribution in [-0.4, -0.2) is 30.1 Å². The molecule has 1 aromatic carbocycles. The van der Waals surface area contributed by atoms with Gasteiger partial charge >= 0.3 is 0 Å². The van der Waals surface area contributed by atoms with E-state index in [2.05, 4.69) is 83.8 Å². The van der Waals surface area contributed by atoms with E-state index in [1.165, 1.54) is 15.7 Å². The van der Waals surface area contributed by atoms with E-state index in [-0.39, 0.29) is 0 Å². The third-order valence-electron chi connectivity index (χ3n) is 3.65. The van der Waals surface area contributed by atoms with Crippen molar-refractivity contribution in [2.75, 3.05) is 24.5 Å². The molecule has 1 aliphatic rings. The van der Waals surface area contributed by atoms with Crippen molar-refractivity contribution in [2.45, 2.75) is 44.7 Å². The lowest BCUT2D eigenvalue weighted by Gasteiger charge is -2.36. The summed E-state index contributed by atoms with van der Waals surface area (Å²) in [5.74, 6) is 0.696. The highest BCUT2D eigenvalue weighted by atomic mass is 79.9. The molecule has 1 saturated heterocycles. The van der Waals surface area contributed by atoms with Gasteiger partial charge in [0.25, 0.3) is 0 Å². The molecule has 0 radical (unpaired) electrons. The second-order valence-corrected chi connectivity index (χ2v) is 9.21. The van der Waals surface area contributed by atoms with Crippen molar-refractivity contribution in [1.82, 2.24) is 5.32 Å². The third-order valence-corrected chi connectivity index (χ3v) is 5.52. The van der Waals surface area contributed by atoms with E-state index in [0.717, 1.165) is 26.2 Å². The van der Waals surface area contributed by atoms with Gasteiger partial charge < -0.3 is 10.2 Å². The number of anilines is 1. The van der Waals surface area contributed by atoms with Gasteiger partial charge in [0.15, 0.2) is 0 Å². The minimum Gasteiger partial charge on any atom is -0.368 e. The van der Waals surface area contributed by atoms with Crippen LogP contribution >= 0.6 is 27.7 Å². The molecule has 0 aromatic heterocycles. The summed E-state index contributed by atoms with van der Waals surface area (Å²) in [7, 11) is 0. The molecular weight excluding hydrogens is 344 g/mol. The fourth-order valence-corrected chi connectivity index (χ4v) is 4.80. The Balaban J connectivity index is 2.01. The van der Waals surface area contributed by atoms with Crippen molar-refractivity contribution < 1.29 is 0 Å². The maximum absolute atomic E-state index is 3.77. The summed E-state index contributed by atoms with van der Waals surface area (Å²) in [6.07, 6.45) is 0. The van der Waals surface area contributed by atoms with Crippen LogP contribution in [0, 0.1) is 5.92 Å². The van der Waals surface area contributed by atoms with Crippen molar-refractivity contribution >= 4 is 33.4 Å². The maximum Gasteiger partial charge on any atom is 0.0511 e. The summed E-state index contributed by atoms with van der Waals surface area (Å²) in [4.78, 5) is 2.52. The van der Waals surface area contributed by atoms with Crippen molar-refractivity contribution in [2.24, 2.45) is 5.92 Å². The molecule has 1 fully saturated rings. The summed E-state index contributed by atoms with van der Waals surface area (Å²) in [6, 6.07) is 6.79. The SMILES string of the molecule is CC(C)CNCc1ccc(N2CC(C)SC(C)C2)c(Br)c1. The number of benzene rings is 1. The van der Waals surface area contributed by atoms with Crippen molar-refractivity contribution in [1.29, 1.82) is 0 Å². The number of rotatable bonds is 5. The Kier molecular flexibility index (Phi) is 6.45. The molecule has 0 saturated carbocycles. The van der Waals surface area contributed by atoms with Gasteiger partial charge in [0, 0.05) is 34.6 Å². The van der Waals surface area contributed by atoms with Crippen LogP contribution in [0.15, 0.2) is 22.7 Å². The molecule has 0 spiro atoms. The predicted octanol–water partition coefficient (Wildman–Crippen LogP) is 4.52. The van der Waals surface area contributed by atoms with Crippen LogP contribution in [-0.2, 0) is 6.54 Å². The number of hydrogen-bond donors (Lipinski definition) is 1. The number of thioether (sulfide) groups is 1. The number of halogens is 1. The Bertz CT molecular complexity index is 454. The van der Waals surface area contributed by atoms with Gasteiger partial charge in [-0.1, -0.05) is 33.8 Å². The van der Waals surface area contributed by atoms with Crippen molar-refractivity contribution in [3.8, 4) is 0 Å². The third kappa shape index (κ3) is 5.19. The second-order valence-electron chi connectivity index (χ2n) is 6.47. The number of nitrogens with zero attached hydrogens (tertiary/aromatic N) is 1. The van der Waals surface area contributed by atoms with E-state index < -0.39 is 0 Å². The van der Waals surface area contributed by atoms with E-state index >= 15 is 0 Å².